The fourth-order valence-electron chi connectivity index (χ4n) is 4.59. The van der Waals surface area contributed by atoms with Gasteiger partial charge >= 0.3 is 5.97 Å². The van der Waals surface area contributed by atoms with Gasteiger partial charge < -0.3 is 14.2 Å². The molecule has 0 N–H and O–H groups in total. The number of unbranched alkanes of at least 4 members (excludes halogenated alkanes) is 8. The van der Waals surface area contributed by atoms with Crippen molar-refractivity contribution in [3.05, 3.63) is 104 Å². The molecule has 0 saturated heterocycles. The number of esters is 1. The lowest BCUT2D eigenvalue weighted by molar-refractivity contribution is 0.0734. The van der Waals surface area contributed by atoms with Gasteiger partial charge in [-0.15, -0.1) is 13.2 Å². The van der Waals surface area contributed by atoms with Crippen LogP contribution in [0.15, 0.2) is 98.1 Å². The Balaban J connectivity index is 1.39. The number of carbonyl (C=O) groups is 1. The van der Waals surface area contributed by atoms with Gasteiger partial charge in [-0.3, -0.25) is 0 Å². The van der Waals surface area contributed by atoms with Crippen LogP contribution in [0.1, 0.15) is 87.9 Å². The molecule has 0 aromatic heterocycles. The van der Waals surface area contributed by atoms with E-state index in [-0.39, 0.29) is 12.1 Å². The summed E-state index contributed by atoms with van der Waals surface area (Å²) in [5.74, 6) is 1.76. The van der Waals surface area contributed by atoms with Crippen LogP contribution in [0.3, 0.4) is 0 Å². The molecule has 218 valence electrons. The quantitative estimate of drug-likeness (QED) is 0.0603. The van der Waals surface area contributed by atoms with Crippen molar-refractivity contribution in [3.8, 4) is 28.4 Å². The maximum Gasteiger partial charge on any atom is 0.343 e. The minimum absolute atomic E-state index is 0.181. The zero-order chi connectivity index (χ0) is 29.1. The highest BCUT2D eigenvalue weighted by Gasteiger charge is 2.10. The van der Waals surface area contributed by atoms with Gasteiger partial charge in [-0.25, -0.2) is 4.79 Å². The third kappa shape index (κ3) is 12.1. The first-order valence-electron chi connectivity index (χ1n) is 15.1. The Kier molecular flexibility index (Phi) is 14.3. The summed E-state index contributed by atoms with van der Waals surface area (Å²) in [6.45, 7) is 10.3. The highest BCUT2D eigenvalue weighted by molar-refractivity contribution is 5.91. The van der Waals surface area contributed by atoms with Crippen LogP contribution in [0.2, 0.25) is 0 Å². The zero-order valence-electron chi connectivity index (χ0n) is 24.7. The van der Waals surface area contributed by atoms with E-state index in [2.05, 4.69) is 32.2 Å². The maximum atomic E-state index is 12.6. The summed E-state index contributed by atoms with van der Waals surface area (Å²) in [5, 5.41) is 0. The second-order valence-corrected chi connectivity index (χ2v) is 10.5. The molecule has 3 aromatic carbocycles. The first-order valence-corrected chi connectivity index (χ1v) is 15.1. The second kappa shape index (κ2) is 18.5. The predicted octanol–water partition coefficient (Wildman–Crippen LogP) is 10.4. The average Bonchev–Trinajstić information content (AvgIpc) is 2.99. The van der Waals surface area contributed by atoms with E-state index < -0.39 is 0 Å². The van der Waals surface area contributed by atoms with E-state index in [9.17, 15) is 4.79 Å². The number of rotatable bonds is 20. The smallest absolute Gasteiger partial charge is 0.343 e. The molecule has 3 rings (SSSR count). The summed E-state index contributed by atoms with van der Waals surface area (Å²) in [6, 6.07) is 22.8. The van der Waals surface area contributed by atoms with E-state index in [1.165, 1.54) is 32.1 Å². The van der Waals surface area contributed by atoms with E-state index in [1.807, 2.05) is 60.7 Å². The summed E-state index contributed by atoms with van der Waals surface area (Å²) in [6.07, 6.45) is 16.9. The first-order chi connectivity index (χ1) is 20.1. The van der Waals surface area contributed by atoms with Gasteiger partial charge in [0.15, 0.2) is 0 Å². The van der Waals surface area contributed by atoms with Gasteiger partial charge in [0.25, 0.3) is 0 Å². The predicted molar refractivity (Wildman–Crippen MR) is 170 cm³/mol. The number of carbonyl (C=O) groups excluding carboxylic acids is 1. The fraction of sp³-hybridized carbons (Fsp3) is 0.378. The Bertz CT molecular complexity index is 1160. The van der Waals surface area contributed by atoms with Crippen LogP contribution in [-0.4, -0.2) is 18.7 Å². The molecule has 0 aliphatic heterocycles. The average molecular weight is 555 g/mol. The number of hydrogen-bond acceptors (Lipinski definition) is 4. The summed E-state index contributed by atoms with van der Waals surface area (Å²) >= 11 is 0. The fourth-order valence-corrected chi connectivity index (χ4v) is 4.59. The number of hydrogen-bond donors (Lipinski definition) is 0. The summed E-state index contributed by atoms with van der Waals surface area (Å²) in [5.41, 5.74) is 2.61. The van der Waals surface area contributed by atoms with E-state index >= 15 is 0 Å². The minimum atomic E-state index is -0.388. The lowest BCUT2D eigenvalue weighted by Crippen LogP contribution is -2.11. The third-order valence-electron chi connectivity index (χ3n) is 7.02. The Morgan fingerprint density at radius 3 is 1.78 bits per heavy atom. The molecule has 0 radical (unpaired) electrons. The number of allylic oxidation sites excluding steroid dienone is 2. The highest BCUT2D eigenvalue weighted by atomic mass is 16.5. The van der Waals surface area contributed by atoms with E-state index in [1.54, 1.807) is 12.1 Å². The van der Waals surface area contributed by atoms with Gasteiger partial charge in [-0.05, 0) is 112 Å². The van der Waals surface area contributed by atoms with E-state index in [4.69, 9.17) is 14.2 Å². The molecule has 0 bridgehead atoms. The molecule has 4 heteroatoms. The normalized spacial score (nSPS) is 11.4. The zero-order valence-corrected chi connectivity index (χ0v) is 24.7. The van der Waals surface area contributed by atoms with Crippen LogP contribution in [0.25, 0.3) is 11.1 Å². The number of benzene rings is 3. The lowest BCUT2D eigenvalue weighted by atomic mass is 10.1. The topological polar surface area (TPSA) is 44.8 Å². The maximum absolute atomic E-state index is 12.6. The van der Waals surface area contributed by atoms with E-state index in [0.29, 0.717) is 17.9 Å². The highest BCUT2D eigenvalue weighted by Crippen LogP contribution is 2.26. The molecular weight excluding hydrogens is 508 g/mol. The van der Waals surface area contributed by atoms with Crippen molar-refractivity contribution in [2.75, 3.05) is 6.61 Å². The SMILES string of the molecule is C=CCCCCCCCCOc1ccc(C(=O)Oc2ccc(-c3ccc(O[C@@H](C)CCCCC=C)cc3)cc2)cc1. The Hall–Kier alpha value is -3.79. The monoisotopic (exact) mass is 554 g/mol. The van der Waals surface area contributed by atoms with Crippen LogP contribution >= 0.6 is 0 Å². The molecule has 0 saturated carbocycles. The number of ether oxygens (including phenoxy) is 3. The van der Waals surface area contributed by atoms with Gasteiger partial charge in [0, 0.05) is 0 Å². The third-order valence-corrected chi connectivity index (χ3v) is 7.02. The molecule has 3 aromatic rings. The van der Waals surface area contributed by atoms with Crippen molar-refractivity contribution in [1.82, 2.24) is 0 Å². The minimum Gasteiger partial charge on any atom is -0.494 e. The molecular formula is C37H46O4. The molecule has 1 atom stereocenters. The Morgan fingerprint density at radius 1 is 0.659 bits per heavy atom. The molecule has 41 heavy (non-hydrogen) atoms. The Labute approximate surface area is 247 Å². The van der Waals surface area contributed by atoms with Crippen LogP contribution in [0.5, 0.6) is 17.2 Å². The largest absolute Gasteiger partial charge is 0.494 e. The van der Waals surface area contributed by atoms with Crippen molar-refractivity contribution in [2.24, 2.45) is 0 Å². The molecule has 0 heterocycles. The second-order valence-electron chi connectivity index (χ2n) is 10.5. The van der Waals surface area contributed by atoms with Crippen LogP contribution in [0.4, 0.5) is 0 Å². The Morgan fingerprint density at radius 2 is 1.17 bits per heavy atom. The molecule has 0 amide bonds. The standard InChI is InChI=1S/C37H46O4/c1-4-6-8-10-11-12-13-15-29-39-34-23-21-33(22-24-34)37(38)41-36-27-19-32(20-28-36)31-17-25-35(26-18-31)40-30(3)16-14-9-7-5-2/h4-5,17-28,30H,1-2,6-16,29H2,3H3/t30-/m0/s1. The summed E-state index contributed by atoms with van der Waals surface area (Å²) < 4.78 is 17.5. The van der Waals surface area contributed by atoms with Gasteiger partial charge in [-0.2, -0.15) is 0 Å². The molecule has 4 nitrogen and oxygen atoms in total. The van der Waals surface area contributed by atoms with Crippen molar-refractivity contribution in [1.29, 1.82) is 0 Å². The lowest BCUT2D eigenvalue weighted by Gasteiger charge is -2.15. The van der Waals surface area contributed by atoms with Gasteiger partial charge in [-0.1, -0.05) is 62.1 Å². The van der Waals surface area contributed by atoms with E-state index in [0.717, 1.165) is 61.2 Å². The molecule has 0 aliphatic carbocycles. The molecule has 0 spiro atoms. The van der Waals surface area contributed by atoms with Crippen LogP contribution in [0, 0.1) is 0 Å². The summed E-state index contributed by atoms with van der Waals surface area (Å²) in [7, 11) is 0. The first kappa shape index (κ1) is 31.7. The molecule has 0 aliphatic rings. The van der Waals surface area contributed by atoms with Crippen LogP contribution in [-0.2, 0) is 0 Å². The van der Waals surface area contributed by atoms with Crippen LogP contribution < -0.4 is 14.2 Å². The van der Waals surface area contributed by atoms with Crippen molar-refractivity contribution < 1.29 is 19.0 Å². The van der Waals surface area contributed by atoms with Crippen molar-refractivity contribution in [3.63, 3.8) is 0 Å². The van der Waals surface area contributed by atoms with Gasteiger partial charge in [0.05, 0.1) is 18.3 Å². The molecule has 0 unspecified atom stereocenters. The van der Waals surface area contributed by atoms with Crippen molar-refractivity contribution in [2.45, 2.75) is 83.7 Å². The molecule has 0 fully saturated rings. The van der Waals surface area contributed by atoms with Gasteiger partial charge in [0.1, 0.15) is 17.2 Å². The summed E-state index contributed by atoms with van der Waals surface area (Å²) in [4.78, 5) is 12.6. The van der Waals surface area contributed by atoms with Crippen molar-refractivity contribution >= 4 is 5.97 Å². The van der Waals surface area contributed by atoms with Gasteiger partial charge in [0.2, 0.25) is 0 Å².